The lowest BCUT2D eigenvalue weighted by molar-refractivity contribution is 0.478. The molecule has 45 heavy (non-hydrogen) atoms. The van der Waals surface area contributed by atoms with E-state index >= 15 is 0 Å². The van der Waals surface area contributed by atoms with Crippen molar-refractivity contribution in [1.29, 1.82) is 0 Å². The van der Waals surface area contributed by atoms with Crippen molar-refractivity contribution < 1.29 is 4.74 Å². The van der Waals surface area contributed by atoms with Crippen LogP contribution in [0.4, 0.5) is 17.1 Å². The first kappa shape index (κ1) is 25.6. The number of benzene rings is 7. The first-order chi connectivity index (χ1) is 22.4. The molecule has 0 bridgehead atoms. The molecule has 0 aromatic heterocycles. The molecule has 2 aliphatic rings. The predicted molar refractivity (Wildman–Crippen MR) is 184 cm³/mol. The second-order valence-corrected chi connectivity index (χ2v) is 11.7. The van der Waals surface area contributed by atoms with Gasteiger partial charge in [0.2, 0.25) is 0 Å². The number of hydrogen-bond donors (Lipinski definition) is 0. The summed E-state index contributed by atoms with van der Waals surface area (Å²) in [4.78, 5) is 2.38. The van der Waals surface area contributed by atoms with E-state index in [2.05, 4.69) is 181 Å². The third-order valence-electron chi connectivity index (χ3n) is 9.31. The maximum Gasteiger partial charge on any atom is 0.160 e. The molecule has 2 heteroatoms. The van der Waals surface area contributed by atoms with Gasteiger partial charge in [-0.15, -0.1) is 0 Å². The summed E-state index contributed by atoms with van der Waals surface area (Å²) in [6, 6.07) is 63.0. The van der Waals surface area contributed by atoms with Crippen molar-refractivity contribution in [2.45, 2.75) is 5.41 Å². The largest absolute Gasteiger partial charge is 0.452 e. The van der Waals surface area contributed by atoms with Crippen LogP contribution in [0.15, 0.2) is 176 Å². The van der Waals surface area contributed by atoms with E-state index in [0.29, 0.717) is 0 Å². The van der Waals surface area contributed by atoms with Gasteiger partial charge in [-0.05, 0) is 63.7 Å². The van der Waals surface area contributed by atoms with E-state index in [1.807, 2.05) is 0 Å². The minimum atomic E-state index is -0.537. The highest BCUT2D eigenvalue weighted by Crippen LogP contribution is 2.65. The molecule has 0 unspecified atom stereocenters. The zero-order chi connectivity index (χ0) is 29.8. The average Bonchev–Trinajstić information content (AvgIpc) is 3.43. The summed E-state index contributed by atoms with van der Waals surface area (Å²) >= 11 is 0. The van der Waals surface area contributed by atoms with Crippen LogP contribution in [0.1, 0.15) is 22.3 Å². The van der Waals surface area contributed by atoms with Crippen LogP contribution < -0.4 is 9.64 Å². The summed E-state index contributed by atoms with van der Waals surface area (Å²) in [7, 11) is 0. The molecule has 7 aromatic rings. The Morgan fingerprint density at radius 3 is 1.71 bits per heavy atom. The van der Waals surface area contributed by atoms with E-state index in [1.54, 1.807) is 0 Å². The van der Waals surface area contributed by atoms with Gasteiger partial charge in [0, 0.05) is 16.8 Å². The second kappa shape index (κ2) is 10.1. The minimum Gasteiger partial charge on any atom is -0.452 e. The van der Waals surface area contributed by atoms with Crippen molar-refractivity contribution in [3.8, 4) is 33.8 Å². The molecule has 0 amide bonds. The maximum atomic E-state index is 7.11. The molecule has 212 valence electrons. The zero-order valence-electron chi connectivity index (χ0n) is 24.6. The number of rotatable bonds is 4. The molecule has 0 spiro atoms. The minimum absolute atomic E-state index is 0.537. The van der Waals surface area contributed by atoms with Gasteiger partial charge in [-0.2, -0.15) is 0 Å². The van der Waals surface area contributed by atoms with E-state index < -0.39 is 5.41 Å². The Bertz CT molecular complexity index is 2130. The zero-order valence-corrected chi connectivity index (χ0v) is 24.6. The molecule has 9 rings (SSSR count). The van der Waals surface area contributed by atoms with Crippen LogP contribution in [0.5, 0.6) is 11.5 Å². The Labute approximate surface area is 263 Å². The van der Waals surface area contributed by atoms with Gasteiger partial charge < -0.3 is 9.64 Å². The van der Waals surface area contributed by atoms with E-state index in [1.165, 1.54) is 27.8 Å². The molecule has 1 heterocycles. The first-order valence-electron chi connectivity index (χ1n) is 15.5. The second-order valence-electron chi connectivity index (χ2n) is 11.7. The lowest BCUT2D eigenvalue weighted by atomic mass is 9.67. The molecule has 0 N–H and O–H groups in total. The summed E-state index contributed by atoms with van der Waals surface area (Å²) in [6.45, 7) is 0. The van der Waals surface area contributed by atoms with Crippen LogP contribution in [0.3, 0.4) is 0 Å². The highest BCUT2D eigenvalue weighted by atomic mass is 16.5. The topological polar surface area (TPSA) is 12.5 Å². The lowest BCUT2D eigenvalue weighted by Gasteiger charge is -2.38. The summed E-state index contributed by atoms with van der Waals surface area (Å²) in [6.07, 6.45) is 0. The van der Waals surface area contributed by atoms with Crippen molar-refractivity contribution in [1.82, 2.24) is 0 Å². The molecular weight excluding hydrogens is 546 g/mol. The van der Waals surface area contributed by atoms with Crippen LogP contribution in [-0.4, -0.2) is 0 Å². The molecule has 0 saturated carbocycles. The lowest BCUT2D eigenvalue weighted by Crippen LogP contribution is -2.29. The Morgan fingerprint density at radius 1 is 0.467 bits per heavy atom. The fourth-order valence-electron chi connectivity index (χ4n) is 7.51. The van der Waals surface area contributed by atoms with Gasteiger partial charge in [0.05, 0.1) is 16.8 Å². The Kier molecular flexibility index (Phi) is 5.76. The third kappa shape index (κ3) is 3.69. The monoisotopic (exact) mass is 575 g/mol. The van der Waals surface area contributed by atoms with Crippen LogP contribution >= 0.6 is 0 Å². The summed E-state index contributed by atoms with van der Waals surface area (Å²) in [5.74, 6) is 1.73. The van der Waals surface area contributed by atoms with Gasteiger partial charge in [0.25, 0.3) is 0 Å². The van der Waals surface area contributed by atoms with Crippen LogP contribution in [-0.2, 0) is 5.41 Å². The van der Waals surface area contributed by atoms with Gasteiger partial charge in [0.1, 0.15) is 0 Å². The van der Waals surface area contributed by atoms with Gasteiger partial charge in [-0.1, -0.05) is 146 Å². The number of para-hydroxylation sites is 3. The van der Waals surface area contributed by atoms with Crippen molar-refractivity contribution >= 4 is 17.1 Å². The van der Waals surface area contributed by atoms with Crippen molar-refractivity contribution in [2.75, 3.05) is 4.90 Å². The molecule has 0 saturated heterocycles. The highest BCUT2D eigenvalue weighted by molar-refractivity contribution is 6.03. The molecule has 1 aliphatic heterocycles. The van der Waals surface area contributed by atoms with E-state index in [0.717, 1.165) is 45.3 Å². The number of ether oxygens (including phenoxy) is 1. The van der Waals surface area contributed by atoms with Gasteiger partial charge in [-0.25, -0.2) is 0 Å². The highest BCUT2D eigenvalue weighted by Gasteiger charge is 2.49. The smallest absolute Gasteiger partial charge is 0.160 e. The summed E-state index contributed by atoms with van der Waals surface area (Å²) in [5.41, 5.74) is 12.2. The van der Waals surface area contributed by atoms with Crippen molar-refractivity contribution in [3.63, 3.8) is 0 Å². The van der Waals surface area contributed by atoms with Gasteiger partial charge in [0.15, 0.2) is 11.5 Å². The Morgan fingerprint density at radius 2 is 1.02 bits per heavy atom. The SMILES string of the molecule is c1ccc(-c2cc3c(c4c2N(c2ccccc2)c2ccccc2O4)-c2ccccc2C3(c2ccccc2)c2ccccc2)cc1. The number of anilines is 3. The molecule has 1 aliphatic carbocycles. The van der Waals surface area contributed by atoms with Gasteiger partial charge in [-0.3, -0.25) is 0 Å². The number of hydrogen-bond acceptors (Lipinski definition) is 2. The molecule has 0 radical (unpaired) electrons. The summed E-state index contributed by atoms with van der Waals surface area (Å²) < 4.78 is 7.11. The molecule has 0 fully saturated rings. The summed E-state index contributed by atoms with van der Waals surface area (Å²) in [5, 5.41) is 0. The fourth-order valence-corrected chi connectivity index (χ4v) is 7.51. The first-order valence-corrected chi connectivity index (χ1v) is 15.5. The van der Waals surface area contributed by atoms with E-state index in [9.17, 15) is 0 Å². The number of fused-ring (bicyclic) bond motifs is 6. The quantitative estimate of drug-likeness (QED) is 0.207. The van der Waals surface area contributed by atoms with Crippen molar-refractivity contribution in [2.24, 2.45) is 0 Å². The molecule has 7 aromatic carbocycles. The average molecular weight is 576 g/mol. The third-order valence-corrected chi connectivity index (χ3v) is 9.31. The van der Waals surface area contributed by atoms with Crippen LogP contribution in [0.25, 0.3) is 22.3 Å². The fraction of sp³-hybridized carbons (Fsp3) is 0.0233. The molecular formula is C43H29NO. The van der Waals surface area contributed by atoms with Crippen LogP contribution in [0.2, 0.25) is 0 Å². The Balaban J connectivity index is 1.48. The van der Waals surface area contributed by atoms with E-state index in [-0.39, 0.29) is 0 Å². The molecule has 2 nitrogen and oxygen atoms in total. The van der Waals surface area contributed by atoms with Crippen LogP contribution in [0, 0.1) is 0 Å². The Hall–Kier alpha value is -5.86. The predicted octanol–water partition coefficient (Wildman–Crippen LogP) is 11.3. The standard InChI is InChI=1S/C43H29NO/c1-5-17-30(18-6-1)35-29-37-40(42-41(35)44(33-23-11-4-12-24-33)38-27-15-16-28-39(38)45-42)34-25-13-14-26-36(34)43(37,31-19-7-2-8-20-31)32-21-9-3-10-22-32/h1-29H. The molecule has 0 atom stereocenters. The normalized spacial score (nSPS) is 13.6. The maximum absolute atomic E-state index is 7.11. The van der Waals surface area contributed by atoms with Gasteiger partial charge >= 0.3 is 0 Å². The van der Waals surface area contributed by atoms with Crippen molar-refractivity contribution in [3.05, 3.63) is 198 Å². The van der Waals surface area contributed by atoms with E-state index in [4.69, 9.17) is 4.74 Å². The number of nitrogens with zero attached hydrogens (tertiary/aromatic N) is 1.